The van der Waals surface area contributed by atoms with Crippen molar-refractivity contribution in [2.24, 2.45) is 11.3 Å². The minimum absolute atomic E-state index is 0.0326. The van der Waals surface area contributed by atoms with Crippen molar-refractivity contribution in [3.8, 4) is 0 Å². The lowest BCUT2D eigenvalue weighted by molar-refractivity contribution is -0.183. The molecule has 2 fully saturated rings. The molecule has 2 aliphatic carbocycles. The van der Waals surface area contributed by atoms with Crippen LogP contribution in [0.4, 0.5) is 0 Å². The lowest BCUT2D eigenvalue weighted by Crippen LogP contribution is -2.61. The molecule has 128 valence electrons. The molecule has 0 spiro atoms. The van der Waals surface area contributed by atoms with Crippen molar-refractivity contribution in [2.45, 2.75) is 51.7 Å². The third-order valence-electron chi connectivity index (χ3n) is 5.70. The number of aryl methyl sites for hydroxylation is 1. The topological polar surface area (TPSA) is 85.5 Å². The summed E-state index contributed by atoms with van der Waals surface area (Å²) in [5.41, 5.74) is 0.254. The van der Waals surface area contributed by atoms with Crippen LogP contribution in [0.1, 0.15) is 59.5 Å². The molecule has 1 N–H and O–H groups in total. The third-order valence-corrected chi connectivity index (χ3v) is 5.70. The largest absolute Gasteiger partial charge is 0.458 e. The number of esters is 1. The van der Waals surface area contributed by atoms with Crippen LogP contribution in [0.25, 0.3) is 0 Å². The molecular weight excluding hydrogens is 310 g/mol. The highest BCUT2D eigenvalue weighted by Gasteiger charge is 2.61. The van der Waals surface area contributed by atoms with E-state index in [1.807, 2.05) is 13.8 Å². The Balaban J connectivity index is 1.60. The van der Waals surface area contributed by atoms with Gasteiger partial charge in [0.05, 0.1) is 6.10 Å². The number of aromatic nitrogens is 1. The molecule has 1 saturated carbocycles. The lowest BCUT2D eigenvalue weighted by Gasteiger charge is -2.53. The number of fused-ring (bicyclic) bond motifs is 2. The molecule has 3 atom stereocenters. The Labute approximate surface area is 139 Å². The van der Waals surface area contributed by atoms with Gasteiger partial charge in [-0.25, -0.2) is 4.79 Å². The van der Waals surface area contributed by atoms with Crippen LogP contribution in [0.5, 0.6) is 0 Å². The number of hydrogen-bond donors (Lipinski definition) is 1. The highest BCUT2D eigenvalue weighted by molar-refractivity contribution is 6.00. The van der Waals surface area contributed by atoms with Crippen LogP contribution in [0, 0.1) is 11.3 Å². The first kappa shape index (κ1) is 15.6. The molecule has 1 aromatic rings. The average molecular weight is 331 g/mol. The van der Waals surface area contributed by atoms with Crippen LogP contribution in [0.15, 0.2) is 10.9 Å². The Morgan fingerprint density at radius 2 is 2.12 bits per heavy atom. The van der Waals surface area contributed by atoms with E-state index < -0.39 is 11.5 Å². The van der Waals surface area contributed by atoms with Gasteiger partial charge in [0.15, 0.2) is 5.78 Å². The van der Waals surface area contributed by atoms with Gasteiger partial charge in [0.2, 0.25) is 0 Å². The van der Waals surface area contributed by atoms with Crippen molar-refractivity contribution in [2.75, 3.05) is 6.61 Å². The fraction of sp³-hybridized carbons (Fsp3) is 0.611. The van der Waals surface area contributed by atoms with Crippen LogP contribution in [-0.4, -0.2) is 35.6 Å². The van der Waals surface area contributed by atoms with Crippen molar-refractivity contribution in [1.29, 1.82) is 0 Å². The molecule has 1 aliphatic heterocycles. The van der Waals surface area contributed by atoms with E-state index in [9.17, 15) is 14.4 Å². The summed E-state index contributed by atoms with van der Waals surface area (Å²) in [4.78, 5) is 39.5. The van der Waals surface area contributed by atoms with Gasteiger partial charge in [0.1, 0.15) is 11.7 Å². The summed E-state index contributed by atoms with van der Waals surface area (Å²) in [6.07, 6.45) is 2.55. The molecular formula is C18H21NO5. The molecule has 0 unspecified atom stereocenters. The second-order valence-corrected chi connectivity index (χ2v) is 7.57. The predicted octanol–water partition coefficient (Wildman–Crippen LogP) is 1.86. The number of aromatic amines is 1. The van der Waals surface area contributed by atoms with Crippen LogP contribution < -0.4 is 5.56 Å². The van der Waals surface area contributed by atoms with Gasteiger partial charge in [-0.1, -0.05) is 13.8 Å². The van der Waals surface area contributed by atoms with Gasteiger partial charge in [0, 0.05) is 35.6 Å². The summed E-state index contributed by atoms with van der Waals surface area (Å²) in [6.45, 7) is 4.71. The summed E-state index contributed by atoms with van der Waals surface area (Å²) in [6, 6.07) is 1.41. The first-order valence-corrected chi connectivity index (χ1v) is 8.51. The molecule has 6 nitrogen and oxygen atoms in total. The molecule has 4 rings (SSSR count). The van der Waals surface area contributed by atoms with Crippen molar-refractivity contribution in [1.82, 2.24) is 4.98 Å². The van der Waals surface area contributed by atoms with Crippen LogP contribution >= 0.6 is 0 Å². The number of ether oxygens (including phenoxy) is 2. The van der Waals surface area contributed by atoms with Gasteiger partial charge in [-0.3, -0.25) is 9.59 Å². The van der Waals surface area contributed by atoms with E-state index in [1.54, 1.807) is 0 Å². The number of nitrogens with one attached hydrogen (secondary N) is 1. The zero-order valence-corrected chi connectivity index (χ0v) is 13.9. The molecule has 3 aliphatic rings. The van der Waals surface area contributed by atoms with Crippen molar-refractivity contribution >= 4 is 11.8 Å². The van der Waals surface area contributed by atoms with Gasteiger partial charge in [0.25, 0.3) is 5.56 Å². The van der Waals surface area contributed by atoms with E-state index in [4.69, 9.17) is 9.47 Å². The van der Waals surface area contributed by atoms with E-state index in [-0.39, 0.29) is 34.9 Å². The van der Waals surface area contributed by atoms with E-state index in [0.717, 1.165) is 12.8 Å². The number of ketones is 1. The summed E-state index contributed by atoms with van der Waals surface area (Å²) < 4.78 is 11.4. The van der Waals surface area contributed by atoms with E-state index in [2.05, 4.69) is 4.98 Å². The predicted molar refractivity (Wildman–Crippen MR) is 85.2 cm³/mol. The molecule has 6 heteroatoms. The number of pyridine rings is 1. The second kappa shape index (κ2) is 5.28. The number of carbonyl (C=O) groups is 2. The number of Topliss-reactive ketones (excluding diaryl/α,β-unsaturated/α-hetero) is 1. The Bertz CT molecular complexity index is 778. The number of carbonyl (C=O) groups excluding carboxylic acids is 2. The monoisotopic (exact) mass is 331 g/mol. The molecule has 24 heavy (non-hydrogen) atoms. The highest BCUT2D eigenvalue weighted by Crippen LogP contribution is 2.53. The van der Waals surface area contributed by atoms with E-state index >= 15 is 0 Å². The maximum Gasteiger partial charge on any atom is 0.344 e. The molecule has 1 saturated heterocycles. The van der Waals surface area contributed by atoms with Gasteiger partial charge in [-0.2, -0.15) is 0 Å². The summed E-state index contributed by atoms with van der Waals surface area (Å²) in [5, 5.41) is 0. The standard InChI is InChI=1S/C18H21NO5/c1-18(2)14-9(6-7-23-14)15(18)24-17(22)11-8-10-12(19-16(11)21)4-3-5-13(10)20/h8-9,14-15H,3-7H2,1-2H3,(H,19,21)/t9-,14+,15+/m0/s1. The lowest BCUT2D eigenvalue weighted by atomic mass is 9.59. The minimum atomic E-state index is -0.652. The molecule has 0 bridgehead atoms. The van der Waals surface area contributed by atoms with E-state index in [0.29, 0.717) is 30.7 Å². The molecule has 0 amide bonds. The fourth-order valence-corrected chi connectivity index (χ4v) is 4.42. The molecule has 0 aromatic carbocycles. The second-order valence-electron chi connectivity index (χ2n) is 7.57. The Kier molecular flexibility index (Phi) is 3.42. The summed E-state index contributed by atoms with van der Waals surface area (Å²) in [7, 11) is 0. The fourth-order valence-electron chi connectivity index (χ4n) is 4.42. The SMILES string of the molecule is CC1(C)[C@@H]2OCC[C@@H]2[C@H]1OC(=O)c1cc2c([nH]c1=O)CCCC2=O. The first-order valence-electron chi connectivity index (χ1n) is 8.51. The van der Waals surface area contributed by atoms with Crippen LogP contribution in [0.3, 0.4) is 0 Å². The van der Waals surface area contributed by atoms with Crippen molar-refractivity contribution in [3.63, 3.8) is 0 Å². The van der Waals surface area contributed by atoms with Gasteiger partial charge in [-0.05, 0) is 25.3 Å². The highest BCUT2D eigenvalue weighted by atomic mass is 16.6. The van der Waals surface area contributed by atoms with E-state index in [1.165, 1.54) is 6.07 Å². The smallest absolute Gasteiger partial charge is 0.344 e. The average Bonchev–Trinajstić information content (AvgIpc) is 2.99. The summed E-state index contributed by atoms with van der Waals surface area (Å²) in [5.74, 6) is -0.488. The Hall–Kier alpha value is -1.95. The quantitative estimate of drug-likeness (QED) is 0.836. The molecule has 1 aromatic heterocycles. The normalized spacial score (nSPS) is 30.2. The van der Waals surface area contributed by atoms with Gasteiger partial charge in [-0.15, -0.1) is 0 Å². The van der Waals surface area contributed by atoms with Crippen molar-refractivity contribution in [3.05, 3.63) is 33.2 Å². The first-order chi connectivity index (χ1) is 11.4. The van der Waals surface area contributed by atoms with Gasteiger partial charge < -0.3 is 14.5 Å². The summed E-state index contributed by atoms with van der Waals surface area (Å²) >= 11 is 0. The van der Waals surface area contributed by atoms with Crippen LogP contribution in [0.2, 0.25) is 0 Å². The molecule has 0 radical (unpaired) electrons. The Morgan fingerprint density at radius 1 is 1.33 bits per heavy atom. The van der Waals surface area contributed by atoms with Gasteiger partial charge >= 0.3 is 5.97 Å². The van der Waals surface area contributed by atoms with Crippen LogP contribution in [-0.2, 0) is 15.9 Å². The zero-order chi connectivity index (χ0) is 17.1. The van der Waals surface area contributed by atoms with Crippen molar-refractivity contribution < 1.29 is 19.1 Å². The number of rotatable bonds is 2. The maximum atomic E-state index is 12.5. The molecule has 2 heterocycles. The third kappa shape index (κ3) is 2.16. The number of hydrogen-bond acceptors (Lipinski definition) is 5. The maximum absolute atomic E-state index is 12.5. The number of H-pyrrole nitrogens is 1. The zero-order valence-electron chi connectivity index (χ0n) is 13.9. The Morgan fingerprint density at radius 3 is 2.92 bits per heavy atom. The minimum Gasteiger partial charge on any atom is -0.458 e.